The van der Waals surface area contributed by atoms with Crippen molar-refractivity contribution in [2.75, 3.05) is 0 Å². The lowest BCUT2D eigenvalue weighted by Gasteiger charge is -2.15. The lowest BCUT2D eigenvalue weighted by atomic mass is 10.0. The minimum Gasteiger partial charge on any atom is -0.271 e. The fourth-order valence-corrected chi connectivity index (χ4v) is 1.83. The average Bonchev–Trinajstić information content (AvgIpc) is 2.32. The molecule has 0 aliphatic rings. The van der Waals surface area contributed by atoms with Crippen molar-refractivity contribution in [3.8, 4) is 11.8 Å². The number of halogens is 2. The third kappa shape index (κ3) is 4.35. The summed E-state index contributed by atoms with van der Waals surface area (Å²) in [5.41, 5.74) is 3.17. The molecule has 1 aromatic carbocycles. The molecule has 1 atom stereocenters. The van der Waals surface area contributed by atoms with Crippen LogP contribution in [0.5, 0.6) is 0 Å². The molecule has 17 heavy (non-hydrogen) atoms. The van der Waals surface area contributed by atoms with Crippen LogP contribution in [-0.2, 0) is 6.42 Å². The van der Waals surface area contributed by atoms with Gasteiger partial charge >= 0.3 is 0 Å². The van der Waals surface area contributed by atoms with Crippen LogP contribution in [0.3, 0.4) is 0 Å². The van der Waals surface area contributed by atoms with E-state index in [2.05, 4.69) is 17.3 Å². The highest BCUT2D eigenvalue weighted by Gasteiger charge is 2.13. The van der Waals surface area contributed by atoms with Crippen LogP contribution in [0, 0.1) is 17.7 Å². The van der Waals surface area contributed by atoms with Crippen LogP contribution in [-0.4, -0.2) is 6.04 Å². The summed E-state index contributed by atoms with van der Waals surface area (Å²) in [6.07, 6.45) is 1.97. The topological polar surface area (TPSA) is 38.0 Å². The van der Waals surface area contributed by atoms with Gasteiger partial charge in [0.15, 0.2) is 0 Å². The van der Waals surface area contributed by atoms with E-state index in [1.165, 1.54) is 6.07 Å². The molecule has 0 radical (unpaired) electrons. The summed E-state index contributed by atoms with van der Waals surface area (Å²) in [5.74, 6) is 10.9. The van der Waals surface area contributed by atoms with Crippen LogP contribution >= 0.6 is 11.6 Å². The zero-order valence-corrected chi connectivity index (χ0v) is 10.5. The van der Waals surface area contributed by atoms with Crippen molar-refractivity contribution in [1.29, 1.82) is 0 Å². The molecule has 0 heterocycles. The minimum absolute atomic E-state index is 0.0229. The third-order valence-corrected chi connectivity index (χ3v) is 2.90. The lowest BCUT2D eigenvalue weighted by Crippen LogP contribution is -2.37. The molecule has 0 amide bonds. The molecule has 0 aliphatic carbocycles. The highest BCUT2D eigenvalue weighted by molar-refractivity contribution is 6.31. The lowest BCUT2D eigenvalue weighted by molar-refractivity contribution is 0.485. The first-order valence-corrected chi connectivity index (χ1v) is 5.85. The Bertz CT molecular complexity index is 403. The summed E-state index contributed by atoms with van der Waals surface area (Å²) in [6, 6.07) is 4.65. The first-order valence-electron chi connectivity index (χ1n) is 5.47. The van der Waals surface area contributed by atoms with Gasteiger partial charge in [0.1, 0.15) is 5.82 Å². The molecule has 92 valence electrons. The van der Waals surface area contributed by atoms with E-state index >= 15 is 0 Å². The zero-order chi connectivity index (χ0) is 12.7. The molecule has 1 aromatic rings. The highest BCUT2D eigenvalue weighted by Crippen LogP contribution is 2.21. The second-order valence-electron chi connectivity index (χ2n) is 3.73. The van der Waals surface area contributed by atoms with Gasteiger partial charge in [0.05, 0.1) is 0 Å². The van der Waals surface area contributed by atoms with Crippen molar-refractivity contribution >= 4 is 11.6 Å². The van der Waals surface area contributed by atoms with Crippen LogP contribution in [0.4, 0.5) is 4.39 Å². The first kappa shape index (κ1) is 14.0. The Morgan fingerprint density at radius 1 is 1.53 bits per heavy atom. The number of nitrogens with one attached hydrogen (secondary N) is 1. The Morgan fingerprint density at radius 3 is 2.88 bits per heavy atom. The van der Waals surface area contributed by atoms with Crippen molar-refractivity contribution in [2.24, 2.45) is 5.84 Å². The predicted octanol–water partition coefficient (Wildman–Crippen LogP) is 2.66. The Morgan fingerprint density at radius 2 is 2.29 bits per heavy atom. The largest absolute Gasteiger partial charge is 0.271 e. The van der Waals surface area contributed by atoms with Gasteiger partial charge in [-0.25, -0.2) is 4.39 Å². The molecule has 4 heteroatoms. The molecular formula is C13H16ClFN2. The van der Waals surface area contributed by atoms with E-state index in [1.807, 2.05) is 0 Å². The van der Waals surface area contributed by atoms with Crippen LogP contribution in [0.15, 0.2) is 18.2 Å². The summed E-state index contributed by atoms with van der Waals surface area (Å²) in [6.45, 7) is 1.79. The van der Waals surface area contributed by atoms with Gasteiger partial charge in [-0.1, -0.05) is 17.7 Å². The number of hydrazine groups is 1. The van der Waals surface area contributed by atoms with E-state index in [-0.39, 0.29) is 11.9 Å². The third-order valence-electron chi connectivity index (χ3n) is 2.54. The van der Waals surface area contributed by atoms with Gasteiger partial charge in [0.25, 0.3) is 0 Å². The van der Waals surface area contributed by atoms with E-state index in [9.17, 15) is 4.39 Å². The van der Waals surface area contributed by atoms with Crippen molar-refractivity contribution in [2.45, 2.75) is 32.2 Å². The highest BCUT2D eigenvalue weighted by atomic mass is 35.5. The smallest absolute Gasteiger partial charge is 0.127 e. The second kappa shape index (κ2) is 7.29. The quantitative estimate of drug-likeness (QED) is 0.482. The van der Waals surface area contributed by atoms with E-state index in [1.54, 1.807) is 19.1 Å². The standard InChI is InChI=1S/C13H16ClFN2/c1-2-3-4-6-10(17-16)9-11-12(14)7-5-8-13(11)15/h5,7-8,10,17H,4,6,9,16H2,1H3. The SMILES string of the molecule is CC#CCCC(Cc1c(F)cccc1Cl)NN. The molecule has 0 bridgehead atoms. The fraction of sp³-hybridized carbons (Fsp3) is 0.385. The summed E-state index contributed by atoms with van der Waals surface area (Å²) < 4.78 is 13.6. The summed E-state index contributed by atoms with van der Waals surface area (Å²) >= 11 is 5.96. The molecule has 0 aromatic heterocycles. The van der Waals surface area contributed by atoms with Crippen LogP contribution in [0.1, 0.15) is 25.3 Å². The monoisotopic (exact) mass is 254 g/mol. The fourth-order valence-electron chi connectivity index (χ4n) is 1.59. The van der Waals surface area contributed by atoms with Crippen LogP contribution in [0.25, 0.3) is 0 Å². The van der Waals surface area contributed by atoms with E-state index < -0.39 is 0 Å². The number of rotatable bonds is 5. The molecule has 1 unspecified atom stereocenters. The maximum absolute atomic E-state index is 13.6. The van der Waals surface area contributed by atoms with Gasteiger partial charge in [-0.3, -0.25) is 11.3 Å². The molecule has 0 saturated carbocycles. The number of hydrogen-bond acceptors (Lipinski definition) is 2. The van der Waals surface area contributed by atoms with Gasteiger partial charge in [-0.05, 0) is 31.9 Å². The Hall–Kier alpha value is -1.08. The first-order chi connectivity index (χ1) is 8.19. The molecule has 2 nitrogen and oxygen atoms in total. The normalized spacial score (nSPS) is 11.8. The summed E-state index contributed by atoms with van der Waals surface area (Å²) in [5, 5.41) is 0.437. The summed E-state index contributed by atoms with van der Waals surface area (Å²) in [4.78, 5) is 0. The maximum atomic E-state index is 13.6. The molecular weight excluding hydrogens is 239 g/mol. The van der Waals surface area contributed by atoms with E-state index in [4.69, 9.17) is 17.4 Å². The average molecular weight is 255 g/mol. The Labute approximate surface area is 106 Å². The van der Waals surface area contributed by atoms with Crippen molar-refractivity contribution in [3.63, 3.8) is 0 Å². The number of benzene rings is 1. The van der Waals surface area contributed by atoms with Crippen LogP contribution in [0.2, 0.25) is 5.02 Å². The summed E-state index contributed by atoms with van der Waals surface area (Å²) in [7, 11) is 0. The molecule has 0 spiro atoms. The van der Waals surface area contributed by atoms with E-state index in [0.717, 1.165) is 12.8 Å². The second-order valence-corrected chi connectivity index (χ2v) is 4.14. The van der Waals surface area contributed by atoms with Gasteiger partial charge < -0.3 is 0 Å². The van der Waals surface area contributed by atoms with E-state index in [0.29, 0.717) is 17.0 Å². The number of nitrogens with two attached hydrogens (primary N) is 1. The molecule has 0 saturated heterocycles. The number of hydrogen-bond donors (Lipinski definition) is 2. The predicted molar refractivity (Wildman–Crippen MR) is 68.9 cm³/mol. The van der Waals surface area contributed by atoms with Gasteiger partial charge in [0, 0.05) is 23.0 Å². The molecule has 0 fully saturated rings. The minimum atomic E-state index is -0.292. The van der Waals surface area contributed by atoms with Crippen molar-refractivity contribution < 1.29 is 4.39 Å². The molecule has 0 aliphatic heterocycles. The maximum Gasteiger partial charge on any atom is 0.127 e. The zero-order valence-electron chi connectivity index (χ0n) is 9.76. The van der Waals surface area contributed by atoms with Gasteiger partial charge in [-0.15, -0.1) is 11.8 Å². The van der Waals surface area contributed by atoms with Gasteiger partial charge in [0.2, 0.25) is 0 Å². The van der Waals surface area contributed by atoms with Gasteiger partial charge in [-0.2, -0.15) is 0 Å². The van der Waals surface area contributed by atoms with Crippen molar-refractivity contribution in [3.05, 3.63) is 34.6 Å². The van der Waals surface area contributed by atoms with Crippen LogP contribution < -0.4 is 11.3 Å². The Balaban J connectivity index is 2.69. The molecule has 1 rings (SSSR count). The molecule has 3 N–H and O–H groups in total. The van der Waals surface area contributed by atoms with Crippen molar-refractivity contribution in [1.82, 2.24) is 5.43 Å². The Kier molecular flexibility index (Phi) is 5.99.